The van der Waals surface area contributed by atoms with Crippen molar-refractivity contribution >= 4 is 23.2 Å². The maximum absolute atomic E-state index is 12.8. The number of methoxy groups -OCH3 is 3. The number of amides is 1. The van der Waals surface area contributed by atoms with Gasteiger partial charge in [0.15, 0.2) is 0 Å². The normalized spacial score (nSPS) is 15.3. The number of hydrogen-bond donors (Lipinski definition) is 0. The van der Waals surface area contributed by atoms with Crippen LogP contribution in [0.25, 0.3) is 5.57 Å². The summed E-state index contributed by atoms with van der Waals surface area (Å²) in [5, 5.41) is 0. The van der Waals surface area contributed by atoms with Crippen molar-refractivity contribution in [3.8, 4) is 17.2 Å². The predicted octanol–water partition coefficient (Wildman–Crippen LogP) is 4.61. The van der Waals surface area contributed by atoms with Gasteiger partial charge in [0.25, 0.3) is 0 Å². The standard InChI is InChI=1S/C25H29NO4S/c1-28-20-14-22(29-2)25(23(15-20)30-3)18-9-11-26(12-10-18)24(27)16-31-21-8-7-17-5-4-6-19(17)13-21/h7-9,13-15H,4-6,10-12,16H2,1-3H3. The Labute approximate surface area is 188 Å². The second kappa shape index (κ2) is 9.69. The van der Waals surface area contributed by atoms with Gasteiger partial charge in [-0.1, -0.05) is 12.1 Å². The third-order valence-corrected chi connectivity index (χ3v) is 7.01. The summed E-state index contributed by atoms with van der Waals surface area (Å²) < 4.78 is 16.5. The number of aryl methyl sites for hydroxylation is 2. The molecule has 5 nitrogen and oxygen atoms in total. The lowest BCUT2D eigenvalue weighted by molar-refractivity contribution is -0.127. The van der Waals surface area contributed by atoms with Crippen LogP contribution >= 0.6 is 11.8 Å². The minimum atomic E-state index is 0.175. The summed E-state index contributed by atoms with van der Waals surface area (Å²) in [5.74, 6) is 2.77. The highest BCUT2D eigenvalue weighted by atomic mass is 32.2. The van der Waals surface area contributed by atoms with Crippen LogP contribution in [-0.2, 0) is 17.6 Å². The van der Waals surface area contributed by atoms with E-state index in [0.717, 1.165) is 35.5 Å². The Morgan fingerprint density at radius 3 is 2.35 bits per heavy atom. The average molecular weight is 440 g/mol. The number of rotatable bonds is 7. The zero-order chi connectivity index (χ0) is 21.8. The van der Waals surface area contributed by atoms with Crippen molar-refractivity contribution in [3.63, 3.8) is 0 Å². The van der Waals surface area contributed by atoms with E-state index in [-0.39, 0.29) is 5.91 Å². The molecule has 1 aliphatic heterocycles. The van der Waals surface area contributed by atoms with Crippen molar-refractivity contribution < 1.29 is 19.0 Å². The molecule has 0 unspecified atom stereocenters. The first-order valence-corrected chi connectivity index (χ1v) is 11.6. The summed E-state index contributed by atoms with van der Waals surface area (Å²) in [7, 11) is 4.91. The largest absolute Gasteiger partial charge is 0.496 e. The van der Waals surface area contributed by atoms with Crippen LogP contribution in [0.4, 0.5) is 0 Å². The molecule has 0 N–H and O–H groups in total. The quantitative estimate of drug-likeness (QED) is 0.590. The highest BCUT2D eigenvalue weighted by molar-refractivity contribution is 8.00. The topological polar surface area (TPSA) is 48.0 Å². The third-order valence-electron chi connectivity index (χ3n) is 6.03. The van der Waals surface area contributed by atoms with Crippen LogP contribution in [0.5, 0.6) is 17.2 Å². The van der Waals surface area contributed by atoms with Crippen molar-refractivity contribution in [2.45, 2.75) is 30.6 Å². The molecular weight excluding hydrogens is 410 g/mol. The zero-order valence-corrected chi connectivity index (χ0v) is 19.2. The van der Waals surface area contributed by atoms with Gasteiger partial charge in [-0.2, -0.15) is 0 Å². The minimum Gasteiger partial charge on any atom is -0.496 e. The second-order valence-corrected chi connectivity index (χ2v) is 8.85. The average Bonchev–Trinajstić information content (AvgIpc) is 3.29. The number of ether oxygens (including phenoxy) is 3. The Kier molecular flexibility index (Phi) is 6.76. The molecule has 1 heterocycles. The van der Waals surface area contributed by atoms with Gasteiger partial charge in [0.1, 0.15) is 17.2 Å². The molecule has 2 aromatic rings. The molecule has 1 aliphatic carbocycles. The number of fused-ring (bicyclic) bond motifs is 1. The molecule has 4 rings (SSSR count). The summed E-state index contributed by atoms with van der Waals surface area (Å²) >= 11 is 1.64. The maximum atomic E-state index is 12.8. The Bertz CT molecular complexity index is 976. The fourth-order valence-corrected chi connectivity index (χ4v) is 5.18. The molecule has 0 saturated carbocycles. The Balaban J connectivity index is 1.41. The van der Waals surface area contributed by atoms with Gasteiger partial charge in [-0.25, -0.2) is 0 Å². The van der Waals surface area contributed by atoms with E-state index in [4.69, 9.17) is 14.2 Å². The van der Waals surface area contributed by atoms with Crippen LogP contribution < -0.4 is 14.2 Å². The van der Waals surface area contributed by atoms with Crippen LogP contribution in [0.2, 0.25) is 0 Å². The monoisotopic (exact) mass is 439 g/mol. The van der Waals surface area contributed by atoms with Crippen molar-refractivity contribution in [2.24, 2.45) is 0 Å². The second-order valence-electron chi connectivity index (χ2n) is 7.80. The van der Waals surface area contributed by atoms with Gasteiger partial charge in [-0.3, -0.25) is 4.79 Å². The van der Waals surface area contributed by atoms with E-state index in [1.54, 1.807) is 33.1 Å². The SMILES string of the molecule is COc1cc(OC)c(C2=CCN(C(=O)CSc3ccc4c(c3)CCC4)CC2)c(OC)c1. The van der Waals surface area contributed by atoms with Crippen molar-refractivity contribution in [3.05, 3.63) is 53.1 Å². The first kappa shape index (κ1) is 21.6. The number of carbonyl (C=O) groups is 1. The number of carbonyl (C=O) groups excluding carboxylic acids is 1. The number of hydrogen-bond acceptors (Lipinski definition) is 5. The van der Waals surface area contributed by atoms with E-state index >= 15 is 0 Å². The molecule has 6 heteroatoms. The lowest BCUT2D eigenvalue weighted by atomic mass is 9.97. The Morgan fingerprint density at radius 2 is 1.71 bits per heavy atom. The maximum Gasteiger partial charge on any atom is 0.233 e. The zero-order valence-electron chi connectivity index (χ0n) is 18.4. The molecule has 0 atom stereocenters. The van der Waals surface area contributed by atoms with E-state index < -0.39 is 0 Å². The molecule has 0 saturated heterocycles. The highest BCUT2D eigenvalue weighted by Gasteiger charge is 2.23. The van der Waals surface area contributed by atoms with Gasteiger partial charge in [-0.05, 0) is 54.5 Å². The summed E-state index contributed by atoms with van der Waals surface area (Å²) in [4.78, 5) is 15.9. The van der Waals surface area contributed by atoms with Gasteiger partial charge < -0.3 is 19.1 Å². The Morgan fingerprint density at radius 1 is 0.968 bits per heavy atom. The van der Waals surface area contributed by atoms with E-state index in [9.17, 15) is 4.79 Å². The molecule has 1 amide bonds. The third kappa shape index (κ3) is 4.69. The van der Waals surface area contributed by atoms with E-state index in [2.05, 4.69) is 24.3 Å². The van der Waals surface area contributed by atoms with Crippen LogP contribution in [0.15, 0.2) is 41.3 Å². The summed E-state index contributed by atoms with van der Waals surface area (Å²) in [6.07, 6.45) is 6.46. The molecular formula is C25H29NO4S. The Hall–Kier alpha value is -2.60. The lowest BCUT2D eigenvalue weighted by Crippen LogP contribution is -2.35. The number of benzene rings is 2. The molecule has 2 aliphatic rings. The highest BCUT2D eigenvalue weighted by Crippen LogP contribution is 2.41. The molecule has 0 radical (unpaired) electrons. The van der Waals surface area contributed by atoms with Crippen molar-refractivity contribution in [1.82, 2.24) is 4.90 Å². The first-order valence-electron chi connectivity index (χ1n) is 10.6. The molecule has 2 aromatic carbocycles. The van der Waals surface area contributed by atoms with Gasteiger partial charge in [0, 0.05) is 30.1 Å². The predicted molar refractivity (Wildman–Crippen MR) is 124 cm³/mol. The van der Waals surface area contributed by atoms with Crippen LogP contribution in [0, 0.1) is 0 Å². The van der Waals surface area contributed by atoms with Gasteiger partial charge in [-0.15, -0.1) is 11.8 Å². The van der Waals surface area contributed by atoms with Crippen molar-refractivity contribution in [1.29, 1.82) is 0 Å². The van der Waals surface area contributed by atoms with Crippen LogP contribution in [0.3, 0.4) is 0 Å². The summed E-state index contributed by atoms with van der Waals surface area (Å²) in [6, 6.07) is 10.4. The first-order chi connectivity index (χ1) is 15.1. The molecule has 0 spiro atoms. The van der Waals surface area contributed by atoms with Gasteiger partial charge >= 0.3 is 0 Å². The fraction of sp³-hybridized carbons (Fsp3) is 0.400. The fourth-order valence-electron chi connectivity index (χ4n) is 4.32. The molecule has 0 aromatic heterocycles. The molecule has 31 heavy (non-hydrogen) atoms. The number of nitrogens with zero attached hydrogens (tertiary/aromatic N) is 1. The van der Waals surface area contributed by atoms with Gasteiger partial charge in [0.05, 0.1) is 32.6 Å². The van der Waals surface area contributed by atoms with E-state index in [1.165, 1.54) is 28.9 Å². The molecule has 164 valence electrons. The summed E-state index contributed by atoms with van der Waals surface area (Å²) in [6.45, 7) is 1.28. The smallest absolute Gasteiger partial charge is 0.233 e. The van der Waals surface area contributed by atoms with Crippen molar-refractivity contribution in [2.75, 3.05) is 40.2 Å². The van der Waals surface area contributed by atoms with E-state index in [1.807, 2.05) is 17.0 Å². The molecule has 0 fully saturated rings. The molecule has 0 bridgehead atoms. The van der Waals surface area contributed by atoms with Gasteiger partial charge in [0.2, 0.25) is 5.91 Å². The minimum absolute atomic E-state index is 0.175. The van der Waals surface area contributed by atoms with E-state index in [0.29, 0.717) is 24.6 Å². The van der Waals surface area contributed by atoms with Crippen LogP contribution in [-0.4, -0.2) is 51.0 Å². The summed E-state index contributed by atoms with van der Waals surface area (Å²) in [5.41, 5.74) is 4.98. The lowest BCUT2D eigenvalue weighted by Gasteiger charge is -2.28. The number of thioether (sulfide) groups is 1. The van der Waals surface area contributed by atoms with Crippen LogP contribution in [0.1, 0.15) is 29.5 Å².